The van der Waals surface area contributed by atoms with Crippen LogP contribution in [0.5, 0.6) is 0 Å². The van der Waals surface area contributed by atoms with E-state index in [4.69, 9.17) is 5.11 Å². The summed E-state index contributed by atoms with van der Waals surface area (Å²) in [5.74, 6) is -1.43. The number of aromatic amines is 1. The van der Waals surface area contributed by atoms with Crippen molar-refractivity contribution in [2.24, 2.45) is 0 Å². The normalized spacial score (nSPS) is 10.3. The molecule has 0 unspecified atom stereocenters. The number of carbonyl (C=O) groups is 1. The first kappa shape index (κ1) is 10.4. The topological polar surface area (TPSA) is 66.0 Å². The smallest absolute Gasteiger partial charge is 0.339 e. The predicted octanol–water partition coefficient (Wildman–Crippen LogP) is 1.84. The molecule has 0 aliphatic carbocycles. The van der Waals surface area contributed by atoms with Gasteiger partial charge in [0.1, 0.15) is 11.4 Å². The van der Waals surface area contributed by atoms with Crippen LogP contribution in [0.15, 0.2) is 30.5 Å². The lowest BCUT2D eigenvalue weighted by molar-refractivity contribution is 0.0696. The molecule has 16 heavy (non-hydrogen) atoms. The quantitative estimate of drug-likeness (QED) is 0.829. The molecule has 0 bridgehead atoms. The molecule has 0 atom stereocenters. The van der Waals surface area contributed by atoms with Crippen molar-refractivity contribution in [3.8, 4) is 0 Å². The molecule has 2 N–H and O–H groups in total. The number of halogens is 1. The van der Waals surface area contributed by atoms with Crippen molar-refractivity contribution in [3.63, 3.8) is 0 Å². The maximum absolute atomic E-state index is 13.3. The summed E-state index contributed by atoms with van der Waals surface area (Å²) < 4.78 is 13.3. The van der Waals surface area contributed by atoms with Gasteiger partial charge in [-0.15, -0.1) is 0 Å². The Labute approximate surface area is 90.7 Å². The Bertz CT molecular complexity index is 522. The number of benzene rings is 1. The average Bonchev–Trinajstić information content (AvgIpc) is 2.69. The molecule has 1 aromatic carbocycles. The molecule has 0 aliphatic rings. The Morgan fingerprint density at radius 2 is 2.19 bits per heavy atom. The average molecular weight is 220 g/mol. The Hall–Kier alpha value is -2.17. The van der Waals surface area contributed by atoms with Gasteiger partial charge in [-0.05, 0) is 11.6 Å². The van der Waals surface area contributed by atoms with E-state index in [2.05, 4.69) is 10.2 Å². The number of aromatic carboxylic acids is 1. The molecule has 0 saturated carbocycles. The van der Waals surface area contributed by atoms with E-state index >= 15 is 0 Å². The van der Waals surface area contributed by atoms with Crippen molar-refractivity contribution >= 4 is 5.97 Å². The molecular formula is C11H9FN2O2. The van der Waals surface area contributed by atoms with Crippen LogP contribution in [0.2, 0.25) is 0 Å². The molecular weight excluding hydrogens is 211 g/mol. The maximum atomic E-state index is 13.3. The van der Waals surface area contributed by atoms with E-state index in [0.717, 1.165) is 0 Å². The summed E-state index contributed by atoms with van der Waals surface area (Å²) in [7, 11) is 0. The van der Waals surface area contributed by atoms with E-state index in [1.165, 1.54) is 12.3 Å². The molecule has 0 saturated heterocycles. The van der Waals surface area contributed by atoms with Crippen LogP contribution in [-0.2, 0) is 6.42 Å². The van der Waals surface area contributed by atoms with Gasteiger partial charge in [0.05, 0.1) is 5.69 Å². The number of H-pyrrole nitrogens is 1. The van der Waals surface area contributed by atoms with Crippen LogP contribution in [0.4, 0.5) is 4.39 Å². The molecule has 82 valence electrons. The van der Waals surface area contributed by atoms with Crippen molar-refractivity contribution in [2.45, 2.75) is 6.42 Å². The van der Waals surface area contributed by atoms with Crippen molar-refractivity contribution < 1.29 is 14.3 Å². The highest BCUT2D eigenvalue weighted by Gasteiger charge is 2.14. The highest BCUT2D eigenvalue weighted by Crippen LogP contribution is 2.14. The van der Waals surface area contributed by atoms with Crippen LogP contribution in [0.25, 0.3) is 0 Å². The van der Waals surface area contributed by atoms with Crippen molar-refractivity contribution in [2.75, 3.05) is 0 Å². The second-order valence-corrected chi connectivity index (χ2v) is 3.32. The van der Waals surface area contributed by atoms with Crippen LogP contribution in [-0.4, -0.2) is 21.3 Å². The zero-order valence-corrected chi connectivity index (χ0v) is 8.27. The second kappa shape index (κ2) is 4.14. The first-order valence-electron chi connectivity index (χ1n) is 4.68. The molecule has 1 heterocycles. The summed E-state index contributed by atoms with van der Waals surface area (Å²) in [6.07, 6.45) is 1.45. The van der Waals surface area contributed by atoms with E-state index in [0.29, 0.717) is 11.3 Å². The third kappa shape index (κ3) is 1.93. The molecule has 2 rings (SSSR count). The van der Waals surface area contributed by atoms with E-state index in [9.17, 15) is 9.18 Å². The van der Waals surface area contributed by atoms with E-state index in [1.807, 2.05) is 0 Å². The van der Waals surface area contributed by atoms with Crippen molar-refractivity contribution in [3.05, 3.63) is 53.1 Å². The highest BCUT2D eigenvalue weighted by molar-refractivity contribution is 5.88. The van der Waals surface area contributed by atoms with Crippen LogP contribution in [0, 0.1) is 5.82 Å². The lowest BCUT2D eigenvalue weighted by Crippen LogP contribution is -2.01. The molecule has 0 spiro atoms. The van der Waals surface area contributed by atoms with Gasteiger partial charge in [0, 0.05) is 12.6 Å². The third-order valence-corrected chi connectivity index (χ3v) is 2.27. The standard InChI is InChI=1S/C11H9FN2O2/c12-9-4-2-1-3-7(9)5-10-8(11(15)16)6-13-14-10/h1-4,6H,5H2,(H,13,14)(H,15,16). The third-order valence-electron chi connectivity index (χ3n) is 2.27. The first-order chi connectivity index (χ1) is 7.68. The van der Waals surface area contributed by atoms with Gasteiger partial charge < -0.3 is 5.11 Å². The van der Waals surface area contributed by atoms with E-state index < -0.39 is 5.97 Å². The lowest BCUT2D eigenvalue weighted by Gasteiger charge is -2.00. The minimum absolute atomic E-state index is 0.0725. The van der Waals surface area contributed by atoms with Crippen LogP contribution >= 0.6 is 0 Å². The molecule has 0 radical (unpaired) electrons. The van der Waals surface area contributed by atoms with Gasteiger partial charge in [-0.1, -0.05) is 18.2 Å². The van der Waals surface area contributed by atoms with Gasteiger partial charge in [0.25, 0.3) is 0 Å². The Morgan fingerprint density at radius 1 is 1.44 bits per heavy atom. The number of carboxylic acids is 1. The number of rotatable bonds is 3. The predicted molar refractivity (Wildman–Crippen MR) is 54.8 cm³/mol. The summed E-state index contributed by atoms with van der Waals surface area (Å²) in [5.41, 5.74) is 0.831. The number of carboxylic acid groups (broad SMARTS) is 1. The monoisotopic (exact) mass is 220 g/mol. The number of aromatic nitrogens is 2. The molecule has 0 aliphatic heterocycles. The number of nitrogens with one attached hydrogen (secondary N) is 1. The zero-order chi connectivity index (χ0) is 11.5. The molecule has 1 aromatic heterocycles. The maximum Gasteiger partial charge on any atom is 0.339 e. The van der Waals surface area contributed by atoms with Crippen LogP contribution < -0.4 is 0 Å². The van der Waals surface area contributed by atoms with Gasteiger partial charge in [0.2, 0.25) is 0 Å². The molecule has 4 nitrogen and oxygen atoms in total. The minimum atomic E-state index is -1.07. The first-order valence-corrected chi connectivity index (χ1v) is 4.68. The van der Waals surface area contributed by atoms with E-state index in [-0.39, 0.29) is 17.8 Å². The number of hydrogen-bond donors (Lipinski definition) is 2. The molecule has 0 fully saturated rings. The van der Waals surface area contributed by atoms with Crippen molar-refractivity contribution in [1.29, 1.82) is 0 Å². The van der Waals surface area contributed by atoms with Crippen LogP contribution in [0.1, 0.15) is 21.6 Å². The number of hydrogen-bond acceptors (Lipinski definition) is 2. The van der Waals surface area contributed by atoms with Gasteiger partial charge >= 0.3 is 5.97 Å². The Balaban J connectivity index is 2.31. The lowest BCUT2D eigenvalue weighted by atomic mass is 10.1. The minimum Gasteiger partial charge on any atom is -0.478 e. The summed E-state index contributed by atoms with van der Waals surface area (Å²) in [6, 6.07) is 6.23. The largest absolute Gasteiger partial charge is 0.478 e. The highest BCUT2D eigenvalue weighted by atomic mass is 19.1. The Kier molecular flexibility index (Phi) is 2.68. The molecule has 2 aromatic rings. The summed E-state index contributed by atoms with van der Waals surface area (Å²) in [5, 5.41) is 15.1. The van der Waals surface area contributed by atoms with Gasteiger partial charge in [-0.3, -0.25) is 5.10 Å². The fourth-order valence-corrected chi connectivity index (χ4v) is 1.46. The summed E-state index contributed by atoms with van der Waals surface area (Å²) >= 11 is 0. The molecule has 0 amide bonds. The zero-order valence-electron chi connectivity index (χ0n) is 8.27. The van der Waals surface area contributed by atoms with E-state index in [1.54, 1.807) is 18.2 Å². The van der Waals surface area contributed by atoms with Crippen molar-refractivity contribution in [1.82, 2.24) is 10.2 Å². The molecule has 5 heteroatoms. The fraction of sp³-hybridized carbons (Fsp3) is 0.0909. The van der Waals surface area contributed by atoms with Gasteiger partial charge in [0.15, 0.2) is 0 Å². The summed E-state index contributed by atoms with van der Waals surface area (Å²) in [4.78, 5) is 10.8. The second-order valence-electron chi connectivity index (χ2n) is 3.32. The van der Waals surface area contributed by atoms with Crippen LogP contribution in [0.3, 0.4) is 0 Å². The fourth-order valence-electron chi connectivity index (χ4n) is 1.46. The SMILES string of the molecule is O=C(O)c1c[nH]nc1Cc1ccccc1F. The Morgan fingerprint density at radius 3 is 2.88 bits per heavy atom. The summed E-state index contributed by atoms with van der Waals surface area (Å²) in [6.45, 7) is 0. The van der Waals surface area contributed by atoms with Gasteiger partial charge in [-0.25, -0.2) is 9.18 Å². The number of nitrogens with zero attached hydrogens (tertiary/aromatic N) is 1. The van der Waals surface area contributed by atoms with Gasteiger partial charge in [-0.2, -0.15) is 5.10 Å².